The first-order valence-corrected chi connectivity index (χ1v) is 4.58. The lowest BCUT2D eigenvalue weighted by Crippen LogP contribution is -2.34. The highest BCUT2D eigenvalue weighted by Gasteiger charge is 2.37. The van der Waals surface area contributed by atoms with Crippen molar-refractivity contribution in [1.29, 1.82) is 0 Å². The molecular weight excluding hydrogens is 168 g/mol. The summed E-state index contributed by atoms with van der Waals surface area (Å²) in [5, 5.41) is 9.77. The number of aliphatic hydroxyl groups excluding tert-OH is 1. The van der Waals surface area contributed by atoms with Gasteiger partial charge in [0.25, 0.3) is 0 Å². The van der Waals surface area contributed by atoms with E-state index in [9.17, 15) is 5.11 Å². The molecule has 3 atom stereocenters. The summed E-state index contributed by atoms with van der Waals surface area (Å²) in [5.74, 6) is -0.533. The molecule has 0 aromatic heterocycles. The Labute approximate surface area is 79.3 Å². The van der Waals surface area contributed by atoms with Crippen molar-refractivity contribution in [3.63, 3.8) is 0 Å². The van der Waals surface area contributed by atoms with E-state index in [0.29, 0.717) is 6.61 Å². The van der Waals surface area contributed by atoms with Crippen molar-refractivity contribution in [2.75, 3.05) is 6.61 Å². The van der Waals surface area contributed by atoms with Gasteiger partial charge >= 0.3 is 0 Å². The van der Waals surface area contributed by atoms with Crippen LogP contribution in [0.5, 0.6) is 0 Å². The average Bonchev–Trinajstić information content (AvgIpc) is 2.43. The summed E-state index contributed by atoms with van der Waals surface area (Å²) in [4.78, 5) is 0. The maximum atomic E-state index is 9.77. The molecule has 1 heterocycles. The zero-order valence-electron chi connectivity index (χ0n) is 8.49. The zero-order valence-corrected chi connectivity index (χ0v) is 8.49. The van der Waals surface area contributed by atoms with Gasteiger partial charge in [-0.05, 0) is 13.8 Å². The quantitative estimate of drug-likeness (QED) is 0.676. The van der Waals surface area contributed by atoms with Gasteiger partial charge in [-0.25, -0.2) is 0 Å². The van der Waals surface area contributed by atoms with Crippen molar-refractivity contribution >= 4 is 0 Å². The van der Waals surface area contributed by atoms with Gasteiger partial charge in [-0.15, -0.1) is 6.58 Å². The van der Waals surface area contributed by atoms with Gasteiger partial charge in [0.2, 0.25) is 0 Å². The van der Waals surface area contributed by atoms with Crippen molar-refractivity contribution in [2.24, 2.45) is 5.92 Å². The predicted molar refractivity (Wildman–Crippen MR) is 50.3 cm³/mol. The van der Waals surface area contributed by atoms with Crippen molar-refractivity contribution in [2.45, 2.75) is 38.8 Å². The lowest BCUT2D eigenvalue weighted by atomic mass is 10.0. The molecule has 0 radical (unpaired) electrons. The molecule has 3 heteroatoms. The van der Waals surface area contributed by atoms with E-state index >= 15 is 0 Å². The molecule has 0 aliphatic carbocycles. The van der Waals surface area contributed by atoms with E-state index in [2.05, 4.69) is 6.58 Å². The SMILES string of the molecule is C=C[C@@H](C)[C@H](O)[C@H]1COC(C)(C)O1. The third kappa shape index (κ3) is 2.53. The summed E-state index contributed by atoms with van der Waals surface area (Å²) < 4.78 is 10.9. The predicted octanol–water partition coefficient (Wildman–Crippen LogP) is 1.32. The van der Waals surface area contributed by atoms with Crippen molar-refractivity contribution in [1.82, 2.24) is 0 Å². The molecule has 1 rings (SSSR count). The van der Waals surface area contributed by atoms with Crippen LogP contribution in [0.15, 0.2) is 12.7 Å². The van der Waals surface area contributed by atoms with Crippen LogP contribution >= 0.6 is 0 Å². The van der Waals surface area contributed by atoms with Gasteiger partial charge in [-0.1, -0.05) is 13.0 Å². The van der Waals surface area contributed by atoms with E-state index in [1.807, 2.05) is 20.8 Å². The Morgan fingerprint density at radius 1 is 1.62 bits per heavy atom. The second-order valence-corrected chi connectivity index (χ2v) is 3.95. The van der Waals surface area contributed by atoms with Gasteiger partial charge in [-0.3, -0.25) is 0 Å². The summed E-state index contributed by atoms with van der Waals surface area (Å²) in [5.41, 5.74) is 0. The molecule has 1 saturated heterocycles. The van der Waals surface area contributed by atoms with Crippen LogP contribution in [-0.4, -0.2) is 29.7 Å². The molecule has 1 fully saturated rings. The summed E-state index contributed by atoms with van der Waals surface area (Å²) in [6, 6.07) is 0. The minimum absolute atomic E-state index is 0.0301. The second kappa shape index (κ2) is 3.78. The Kier molecular flexibility index (Phi) is 3.11. The highest BCUT2D eigenvalue weighted by molar-refractivity contribution is 4.88. The molecule has 13 heavy (non-hydrogen) atoms. The maximum Gasteiger partial charge on any atom is 0.163 e. The number of aliphatic hydroxyl groups is 1. The van der Waals surface area contributed by atoms with Crippen LogP contribution < -0.4 is 0 Å². The van der Waals surface area contributed by atoms with E-state index in [1.165, 1.54) is 0 Å². The molecule has 0 unspecified atom stereocenters. The Hall–Kier alpha value is -0.380. The normalized spacial score (nSPS) is 31.2. The van der Waals surface area contributed by atoms with Crippen LogP contribution in [0, 0.1) is 5.92 Å². The standard InChI is InChI=1S/C10H18O3/c1-5-7(2)9(11)8-6-12-10(3,4)13-8/h5,7-9,11H,1,6H2,2-4H3/t7-,8-,9+/m1/s1. The van der Waals surface area contributed by atoms with Gasteiger partial charge in [0.05, 0.1) is 12.7 Å². The molecule has 0 spiro atoms. The maximum absolute atomic E-state index is 9.77. The first kappa shape index (κ1) is 10.7. The molecule has 76 valence electrons. The fourth-order valence-electron chi connectivity index (χ4n) is 1.36. The minimum atomic E-state index is -0.563. The molecule has 0 bridgehead atoms. The highest BCUT2D eigenvalue weighted by Crippen LogP contribution is 2.26. The van der Waals surface area contributed by atoms with E-state index in [4.69, 9.17) is 9.47 Å². The Morgan fingerprint density at radius 3 is 2.62 bits per heavy atom. The first-order chi connectivity index (χ1) is 5.96. The topological polar surface area (TPSA) is 38.7 Å². The average molecular weight is 186 g/mol. The highest BCUT2D eigenvalue weighted by atomic mass is 16.7. The van der Waals surface area contributed by atoms with Crippen LogP contribution in [0.25, 0.3) is 0 Å². The van der Waals surface area contributed by atoms with Gasteiger partial charge in [-0.2, -0.15) is 0 Å². The summed E-state index contributed by atoms with van der Waals surface area (Å²) in [6.07, 6.45) is 0.960. The number of ether oxygens (including phenoxy) is 2. The smallest absolute Gasteiger partial charge is 0.163 e. The number of rotatable bonds is 3. The van der Waals surface area contributed by atoms with E-state index in [1.54, 1.807) is 6.08 Å². The van der Waals surface area contributed by atoms with E-state index in [-0.39, 0.29) is 12.0 Å². The monoisotopic (exact) mass is 186 g/mol. The van der Waals surface area contributed by atoms with Crippen molar-refractivity contribution in [3.8, 4) is 0 Å². The van der Waals surface area contributed by atoms with Gasteiger partial charge < -0.3 is 14.6 Å². The number of hydrogen-bond donors (Lipinski definition) is 1. The van der Waals surface area contributed by atoms with E-state index in [0.717, 1.165) is 0 Å². The minimum Gasteiger partial charge on any atom is -0.390 e. The van der Waals surface area contributed by atoms with Crippen molar-refractivity contribution in [3.05, 3.63) is 12.7 Å². The lowest BCUT2D eigenvalue weighted by Gasteiger charge is -2.22. The molecular formula is C10H18O3. The fraction of sp³-hybridized carbons (Fsp3) is 0.800. The summed E-state index contributed by atoms with van der Waals surface area (Å²) in [7, 11) is 0. The third-order valence-electron chi connectivity index (χ3n) is 2.32. The first-order valence-electron chi connectivity index (χ1n) is 4.58. The molecule has 0 saturated carbocycles. The number of hydrogen-bond acceptors (Lipinski definition) is 3. The Morgan fingerprint density at radius 2 is 2.23 bits per heavy atom. The van der Waals surface area contributed by atoms with Gasteiger partial charge in [0, 0.05) is 5.92 Å². The fourth-order valence-corrected chi connectivity index (χ4v) is 1.36. The van der Waals surface area contributed by atoms with Crippen LogP contribution in [0.1, 0.15) is 20.8 Å². The molecule has 0 amide bonds. The third-order valence-corrected chi connectivity index (χ3v) is 2.32. The molecule has 3 nitrogen and oxygen atoms in total. The van der Waals surface area contributed by atoms with Gasteiger partial charge in [0.15, 0.2) is 5.79 Å². The summed E-state index contributed by atoms with van der Waals surface area (Å²) in [6.45, 7) is 9.68. The second-order valence-electron chi connectivity index (χ2n) is 3.95. The molecule has 1 aliphatic heterocycles. The molecule has 0 aromatic rings. The Bertz CT molecular complexity index is 189. The van der Waals surface area contributed by atoms with E-state index < -0.39 is 11.9 Å². The lowest BCUT2D eigenvalue weighted by molar-refractivity contribution is -0.153. The zero-order chi connectivity index (χ0) is 10.1. The van der Waals surface area contributed by atoms with Crippen LogP contribution in [0.2, 0.25) is 0 Å². The Balaban J connectivity index is 2.51. The van der Waals surface area contributed by atoms with Crippen LogP contribution in [0.3, 0.4) is 0 Å². The van der Waals surface area contributed by atoms with Crippen LogP contribution in [-0.2, 0) is 9.47 Å². The molecule has 1 N–H and O–H groups in total. The van der Waals surface area contributed by atoms with Gasteiger partial charge in [0.1, 0.15) is 6.10 Å². The molecule has 0 aromatic carbocycles. The summed E-state index contributed by atoms with van der Waals surface area (Å²) >= 11 is 0. The molecule has 1 aliphatic rings. The largest absolute Gasteiger partial charge is 0.390 e. The van der Waals surface area contributed by atoms with Crippen LogP contribution in [0.4, 0.5) is 0 Å². The van der Waals surface area contributed by atoms with Crippen molar-refractivity contribution < 1.29 is 14.6 Å².